The molecule has 0 aliphatic heterocycles. The number of aromatic nitrogens is 5. The predicted molar refractivity (Wildman–Crippen MR) is 95.9 cm³/mol. The average Bonchev–Trinajstić information content (AvgIpc) is 3.11. The fourth-order valence-corrected chi connectivity index (χ4v) is 3.57. The minimum atomic E-state index is -0.414. The van der Waals surface area contributed by atoms with Crippen LogP contribution in [0.5, 0.6) is 0 Å². The van der Waals surface area contributed by atoms with E-state index in [2.05, 4.69) is 37.2 Å². The molecule has 1 unspecified atom stereocenters. The van der Waals surface area contributed by atoms with Gasteiger partial charge in [0.1, 0.15) is 6.20 Å². The van der Waals surface area contributed by atoms with E-state index in [4.69, 9.17) is 0 Å². The number of pyridine rings is 1. The summed E-state index contributed by atoms with van der Waals surface area (Å²) in [6.45, 7) is 0.888. The summed E-state index contributed by atoms with van der Waals surface area (Å²) in [4.78, 5) is 15.2. The van der Waals surface area contributed by atoms with E-state index in [1.54, 1.807) is 16.8 Å². The second-order valence-electron chi connectivity index (χ2n) is 5.55. The van der Waals surface area contributed by atoms with Gasteiger partial charge in [-0.2, -0.15) is 10.2 Å². The smallest absolute Gasteiger partial charge is 0.264 e. The number of nitrogens with zero attached hydrogens (tertiary/aromatic N) is 6. The van der Waals surface area contributed by atoms with Crippen LogP contribution in [0.15, 0.2) is 24.7 Å². The lowest BCUT2D eigenvalue weighted by molar-refractivity contribution is -0.384. The number of halogens is 1. The van der Waals surface area contributed by atoms with Gasteiger partial charge >= 0.3 is 5.69 Å². The van der Waals surface area contributed by atoms with Crippen molar-refractivity contribution in [1.82, 2.24) is 24.3 Å². The first-order valence-corrected chi connectivity index (χ1v) is 11.1. The Balaban J connectivity index is 1.82. The first kappa shape index (κ1) is 14.9. The zero-order valence-corrected chi connectivity index (χ0v) is 15.0. The van der Waals surface area contributed by atoms with Gasteiger partial charge in [0.15, 0.2) is 5.69 Å². The minimum absolute atomic E-state index is 0.0192. The number of hydrogen-bond acceptors (Lipinski definition) is 5. The van der Waals surface area contributed by atoms with Gasteiger partial charge in [0.2, 0.25) is 0 Å². The van der Waals surface area contributed by atoms with Crippen LogP contribution < -0.4 is 0 Å². The fourth-order valence-electron chi connectivity index (χ4n) is 2.52. The summed E-state index contributed by atoms with van der Waals surface area (Å²) in [7, 11) is 0. The standard InChI is InChI=1S/C13H12IN6O2P/c14-23-19-7-12(20(21)22)13(17-19)10-3-11-9(4-15-10)5-16-18(11)6-8-1-2-8/h3-5,7-8,23H,1-2,6H2. The third kappa shape index (κ3) is 2.83. The van der Waals surface area contributed by atoms with Crippen LogP contribution in [0.4, 0.5) is 5.69 Å². The highest BCUT2D eigenvalue weighted by atomic mass is 127. The van der Waals surface area contributed by atoms with E-state index >= 15 is 0 Å². The highest BCUT2D eigenvalue weighted by molar-refractivity contribution is 14.2. The van der Waals surface area contributed by atoms with Crippen molar-refractivity contribution >= 4 is 45.0 Å². The van der Waals surface area contributed by atoms with E-state index in [0.717, 1.165) is 17.4 Å². The number of fused-ring (bicyclic) bond motifs is 1. The lowest BCUT2D eigenvalue weighted by Gasteiger charge is -2.03. The first-order chi connectivity index (χ1) is 11.2. The van der Waals surface area contributed by atoms with Crippen LogP contribution >= 0.6 is 28.4 Å². The summed E-state index contributed by atoms with van der Waals surface area (Å²) in [6.07, 6.45) is 7.73. The maximum Gasteiger partial charge on any atom is 0.316 e. The van der Waals surface area contributed by atoms with Crippen LogP contribution in [-0.2, 0) is 6.54 Å². The van der Waals surface area contributed by atoms with E-state index in [-0.39, 0.29) is 5.69 Å². The molecule has 0 amide bonds. The molecule has 10 heteroatoms. The Kier molecular flexibility index (Phi) is 3.76. The Labute approximate surface area is 145 Å². The highest BCUT2D eigenvalue weighted by Crippen LogP contribution is 2.34. The summed E-state index contributed by atoms with van der Waals surface area (Å²) in [5.41, 5.74) is 1.74. The van der Waals surface area contributed by atoms with Crippen molar-refractivity contribution in [2.75, 3.05) is 0 Å². The molecule has 0 bridgehead atoms. The molecule has 0 spiro atoms. The molecule has 23 heavy (non-hydrogen) atoms. The quantitative estimate of drug-likeness (QED) is 0.262. The van der Waals surface area contributed by atoms with Crippen molar-refractivity contribution in [3.8, 4) is 11.4 Å². The van der Waals surface area contributed by atoms with E-state index in [1.807, 2.05) is 10.7 Å². The summed E-state index contributed by atoms with van der Waals surface area (Å²) in [5.74, 6) is 0.698. The molecule has 0 radical (unpaired) electrons. The largest absolute Gasteiger partial charge is 0.316 e. The Morgan fingerprint density at radius 2 is 2.26 bits per heavy atom. The molecule has 118 valence electrons. The minimum Gasteiger partial charge on any atom is -0.264 e. The van der Waals surface area contributed by atoms with Gasteiger partial charge in [0.05, 0.1) is 28.7 Å². The van der Waals surface area contributed by atoms with Gasteiger partial charge in [-0.1, -0.05) is 0 Å². The van der Waals surface area contributed by atoms with E-state index in [9.17, 15) is 10.1 Å². The zero-order valence-electron chi connectivity index (χ0n) is 11.9. The monoisotopic (exact) mass is 442 g/mol. The van der Waals surface area contributed by atoms with Crippen molar-refractivity contribution in [2.24, 2.45) is 5.92 Å². The Hall–Kier alpha value is -1.61. The van der Waals surface area contributed by atoms with E-state index < -0.39 is 4.92 Å². The topological polar surface area (TPSA) is 91.7 Å². The first-order valence-electron chi connectivity index (χ1n) is 7.08. The molecular formula is C13H12IN6O2P. The summed E-state index contributed by atoms with van der Waals surface area (Å²) in [6, 6.07) is 1.85. The van der Waals surface area contributed by atoms with E-state index in [0.29, 0.717) is 23.7 Å². The van der Waals surface area contributed by atoms with Crippen LogP contribution in [0.2, 0.25) is 0 Å². The molecule has 1 saturated carbocycles. The number of nitro groups is 1. The van der Waals surface area contributed by atoms with Crippen LogP contribution in [0.3, 0.4) is 0 Å². The van der Waals surface area contributed by atoms with Crippen LogP contribution in [-0.4, -0.2) is 29.2 Å². The Morgan fingerprint density at radius 3 is 2.96 bits per heavy atom. The van der Waals surface area contributed by atoms with Gasteiger partial charge in [-0.15, -0.1) is 0 Å². The molecule has 3 aromatic heterocycles. The average molecular weight is 442 g/mol. The molecular weight excluding hydrogens is 430 g/mol. The molecule has 1 aliphatic carbocycles. The second-order valence-corrected chi connectivity index (χ2v) is 7.62. The molecule has 3 heterocycles. The molecule has 1 aliphatic rings. The predicted octanol–water partition coefficient (Wildman–Crippen LogP) is 3.40. The lowest BCUT2D eigenvalue weighted by atomic mass is 10.2. The summed E-state index contributed by atoms with van der Waals surface area (Å²) >= 11 is 2.14. The van der Waals surface area contributed by atoms with Gasteiger partial charge in [-0.05, 0) is 46.9 Å². The van der Waals surface area contributed by atoms with Gasteiger partial charge in [-0.25, -0.2) is 4.45 Å². The molecule has 0 saturated heterocycles. The molecule has 3 aromatic rings. The Bertz CT molecular complexity index is 903. The highest BCUT2D eigenvalue weighted by Gasteiger charge is 2.25. The van der Waals surface area contributed by atoms with Gasteiger partial charge in [0, 0.05) is 18.1 Å². The summed E-state index contributed by atoms with van der Waals surface area (Å²) < 4.78 is 3.53. The van der Waals surface area contributed by atoms with Crippen molar-refractivity contribution in [3.05, 3.63) is 34.8 Å². The maximum absolute atomic E-state index is 11.3. The molecule has 0 aromatic carbocycles. The summed E-state index contributed by atoms with van der Waals surface area (Å²) in [5, 5.41) is 20.9. The van der Waals surface area contributed by atoms with Gasteiger partial charge < -0.3 is 0 Å². The lowest BCUT2D eigenvalue weighted by Crippen LogP contribution is -2.01. The van der Waals surface area contributed by atoms with E-state index in [1.165, 1.54) is 19.0 Å². The number of rotatable bonds is 5. The van der Waals surface area contributed by atoms with Crippen molar-refractivity contribution in [1.29, 1.82) is 0 Å². The normalized spacial score (nSPS) is 15.0. The fraction of sp³-hybridized carbons (Fsp3) is 0.308. The van der Waals surface area contributed by atoms with Gasteiger partial charge in [-0.3, -0.25) is 19.8 Å². The van der Waals surface area contributed by atoms with Crippen molar-refractivity contribution < 1.29 is 4.92 Å². The van der Waals surface area contributed by atoms with Crippen molar-refractivity contribution in [3.63, 3.8) is 0 Å². The molecule has 1 atom stereocenters. The molecule has 0 N–H and O–H groups in total. The molecule has 4 rings (SSSR count). The van der Waals surface area contributed by atoms with Crippen LogP contribution in [0.1, 0.15) is 12.8 Å². The SMILES string of the molecule is O=[N+]([O-])c1cn(PI)nc1-c1cc2c(cn1)cnn2CC1CC1. The molecule has 8 nitrogen and oxygen atoms in total. The third-order valence-electron chi connectivity index (χ3n) is 3.88. The number of hydrogen-bond donors (Lipinski definition) is 0. The zero-order chi connectivity index (χ0) is 16.0. The maximum atomic E-state index is 11.3. The second kappa shape index (κ2) is 5.79. The van der Waals surface area contributed by atoms with Crippen molar-refractivity contribution in [2.45, 2.75) is 19.4 Å². The Morgan fingerprint density at radius 1 is 1.43 bits per heavy atom. The van der Waals surface area contributed by atoms with Gasteiger partial charge in [0.25, 0.3) is 0 Å². The van der Waals surface area contributed by atoms with Crippen LogP contribution in [0, 0.1) is 16.0 Å². The molecule has 1 fully saturated rings. The third-order valence-corrected chi connectivity index (χ3v) is 5.76. The van der Waals surface area contributed by atoms with Crippen LogP contribution in [0.25, 0.3) is 22.3 Å².